The fourth-order valence-electron chi connectivity index (χ4n) is 3.17. The Morgan fingerprint density at radius 1 is 1.15 bits per heavy atom. The van der Waals surface area contributed by atoms with Gasteiger partial charge in [-0.3, -0.25) is 9.59 Å². The van der Waals surface area contributed by atoms with Gasteiger partial charge in [0.1, 0.15) is 6.04 Å². The van der Waals surface area contributed by atoms with E-state index >= 15 is 0 Å². The van der Waals surface area contributed by atoms with Gasteiger partial charge >= 0.3 is 0 Å². The molecule has 2 fully saturated rings. The predicted octanol–water partition coefficient (Wildman–Crippen LogP) is 1.45. The summed E-state index contributed by atoms with van der Waals surface area (Å²) in [5.41, 5.74) is 1.28. The van der Waals surface area contributed by atoms with Crippen molar-refractivity contribution in [3.8, 4) is 0 Å². The van der Waals surface area contributed by atoms with Gasteiger partial charge in [-0.15, -0.1) is 0 Å². The largest absolute Gasteiger partial charge is 0.332 e. The number of piperazine rings is 1. The first kappa shape index (κ1) is 13.2. The van der Waals surface area contributed by atoms with Gasteiger partial charge in [0.25, 0.3) is 0 Å². The summed E-state index contributed by atoms with van der Waals surface area (Å²) in [7, 11) is 0. The first-order valence-corrected chi connectivity index (χ1v) is 7.38. The minimum atomic E-state index is -0.173. The van der Waals surface area contributed by atoms with E-state index in [2.05, 4.69) is 12.1 Å². The predicted molar refractivity (Wildman–Crippen MR) is 76.1 cm³/mol. The van der Waals surface area contributed by atoms with Gasteiger partial charge in [0, 0.05) is 13.1 Å². The molecule has 4 heteroatoms. The van der Waals surface area contributed by atoms with Crippen molar-refractivity contribution in [2.24, 2.45) is 0 Å². The van der Waals surface area contributed by atoms with Gasteiger partial charge < -0.3 is 9.80 Å². The quantitative estimate of drug-likeness (QED) is 0.832. The fourth-order valence-corrected chi connectivity index (χ4v) is 3.17. The molecule has 2 aliphatic rings. The number of aryl methyl sites for hydroxylation is 1. The lowest BCUT2D eigenvalue weighted by atomic mass is 10.1. The number of benzene rings is 1. The Balaban J connectivity index is 1.55. The summed E-state index contributed by atoms with van der Waals surface area (Å²) >= 11 is 0. The molecule has 0 saturated carbocycles. The summed E-state index contributed by atoms with van der Waals surface area (Å²) in [5.74, 6) is 0.266. The Morgan fingerprint density at radius 2 is 1.95 bits per heavy atom. The lowest BCUT2D eigenvalue weighted by molar-refractivity contribution is -0.153. The fraction of sp³-hybridized carbons (Fsp3) is 0.500. The number of amides is 2. The number of nitrogens with zero attached hydrogens (tertiary/aromatic N) is 2. The molecule has 2 aliphatic heterocycles. The summed E-state index contributed by atoms with van der Waals surface area (Å²) in [5, 5.41) is 0. The van der Waals surface area contributed by atoms with Crippen LogP contribution in [0.25, 0.3) is 0 Å². The molecule has 1 aromatic carbocycles. The SMILES string of the molecule is O=C1C2CCCN2C(=O)CN1CCCc1ccccc1. The second kappa shape index (κ2) is 5.65. The summed E-state index contributed by atoms with van der Waals surface area (Å²) in [6, 6.07) is 10.1. The standard InChI is InChI=1S/C16H20N2O2/c19-15-12-17(16(20)14-9-5-11-18(14)15)10-4-8-13-6-2-1-3-7-13/h1-3,6-7,14H,4-5,8-12H2. The van der Waals surface area contributed by atoms with Crippen molar-refractivity contribution < 1.29 is 9.59 Å². The summed E-state index contributed by atoms with van der Waals surface area (Å²) in [4.78, 5) is 27.8. The molecule has 1 aromatic rings. The highest BCUT2D eigenvalue weighted by molar-refractivity contribution is 5.95. The second-order valence-corrected chi connectivity index (χ2v) is 5.59. The van der Waals surface area contributed by atoms with Crippen molar-refractivity contribution in [3.63, 3.8) is 0 Å². The number of fused-ring (bicyclic) bond motifs is 1. The molecule has 2 heterocycles. The van der Waals surface area contributed by atoms with Gasteiger partial charge in [-0.2, -0.15) is 0 Å². The van der Waals surface area contributed by atoms with Crippen molar-refractivity contribution in [1.82, 2.24) is 9.80 Å². The van der Waals surface area contributed by atoms with Crippen LogP contribution in [-0.4, -0.2) is 47.3 Å². The van der Waals surface area contributed by atoms with E-state index < -0.39 is 0 Å². The van der Waals surface area contributed by atoms with E-state index in [1.807, 2.05) is 18.2 Å². The molecule has 0 aromatic heterocycles. The Hall–Kier alpha value is -1.84. The minimum absolute atomic E-state index is 0.117. The highest BCUT2D eigenvalue weighted by Crippen LogP contribution is 2.23. The van der Waals surface area contributed by atoms with Crippen molar-refractivity contribution >= 4 is 11.8 Å². The van der Waals surface area contributed by atoms with Crippen LogP contribution < -0.4 is 0 Å². The molecule has 0 radical (unpaired) electrons. The first-order valence-electron chi connectivity index (χ1n) is 7.38. The van der Waals surface area contributed by atoms with Crippen LogP contribution >= 0.6 is 0 Å². The van der Waals surface area contributed by atoms with Crippen molar-refractivity contribution in [3.05, 3.63) is 35.9 Å². The first-order chi connectivity index (χ1) is 9.75. The molecule has 2 saturated heterocycles. The molecule has 20 heavy (non-hydrogen) atoms. The number of hydrogen-bond acceptors (Lipinski definition) is 2. The molecule has 0 N–H and O–H groups in total. The zero-order chi connectivity index (χ0) is 13.9. The van der Waals surface area contributed by atoms with E-state index in [4.69, 9.17) is 0 Å². The Labute approximate surface area is 119 Å². The number of carbonyl (C=O) groups excluding carboxylic acids is 2. The third-order valence-corrected chi connectivity index (χ3v) is 4.23. The van der Waals surface area contributed by atoms with Gasteiger partial charge in [-0.05, 0) is 31.2 Å². The topological polar surface area (TPSA) is 40.6 Å². The molecule has 2 amide bonds. The van der Waals surface area contributed by atoms with Crippen LogP contribution in [0.5, 0.6) is 0 Å². The zero-order valence-corrected chi connectivity index (χ0v) is 11.6. The van der Waals surface area contributed by atoms with Gasteiger partial charge in [-0.1, -0.05) is 30.3 Å². The molecule has 1 unspecified atom stereocenters. The van der Waals surface area contributed by atoms with Gasteiger partial charge in [0.2, 0.25) is 11.8 Å². The number of rotatable bonds is 4. The van der Waals surface area contributed by atoms with Gasteiger partial charge in [0.15, 0.2) is 0 Å². The normalized spacial score (nSPS) is 22.3. The van der Waals surface area contributed by atoms with E-state index in [1.165, 1.54) is 5.56 Å². The Bertz CT molecular complexity index is 500. The molecule has 106 valence electrons. The lowest BCUT2D eigenvalue weighted by Gasteiger charge is -2.36. The highest BCUT2D eigenvalue weighted by atomic mass is 16.2. The number of carbonyl (C=O) groups is 2. The summed E-state index contributed by atoms with van der Waals surface area (Å²) in [6.07, 6.45) is 3.66. The Morgan fingerprint density at radius 3 is 2.75 bits per heavy atom. The van der Waals surface area contributed by atoms with Crippen molar-refractivity contribution in [1.29, 1.82) is 0 Å². The van der Waals surface area contributed by atoms with Crippen LogP contribution in [-0.2, 0) is 16.0 Å². The summed E-state index contributed by atoms with van der Waals surface area (Å²) < 4.78 is 0. The van der Waals surface area contributed by atoms with Crippen molar-refractivity contribution in [2.45, 2.75) is 31.7 Å². The maximum absolute atomic E-state index is 12.3. The molecule has 1 atom stereocenters. The smallest absolute Gasteiger partial charge is 0.245 e. The molecule has 4 nitrogen and oxygen atoms in total. The molecule has 0 bridgehead atoms. The lowest BCUT2D eigenvalue weighted by Crippen LogP contribution is -2.57. The van der Waals surface area contributed by atoms with Crippen LogP contribution in [0.2, 0.25) is 0 Å². The average Bonchev–Trinajstić information content (AvgIpc) is 2.95. The highest BCUT2D eigenvalue weighted by Gasteiger charge is 2.41. The molecule has 3 rings (SSSR count). The minimum Gasteiger partial charge on any atom is -0.332 e. The van der Waals surface area contributed by atoms with E-state index in [0.717, 1.165) is 32.2 Å². The molecular weight excluding hydrogens is 252 g/mol. The van der Waals surface area contributed by atoms with E-state index in [0.29, 0.717) is 6.54 Å². The van der Waals surface area contributed by atoms with Crippen molar-refractivity contribution in [2.75, 3.05) is 19.6 Å². The summed E-state index contributed by atoms with van der Waals surface area (Å²) in [6.45, 7) is 1.71. The van der Waals surface area contributed by atoms with E-state index in [-0.39, 0.29) is 24.4 Å². The zero-order valence-electron chi connectivity index (χ0n) is 11.6. The monoisotopic (exact) mass is 272 g/mol. The second-order valence-electron chi connectivity index (χ2n) is 5.59. The van der Waals surface area contributed by atoms with E-state index in [9.17, 15) is 9.59 Å². The molecule has 0 spiro atoms. The van der Waals surface area contributed by atoms with E-state index in [1.54, 1.807) is 9.80 Å². The van der Waals surface area contributed by atoms with Crippen LogP contribution in [0.4, 0.5) is 0 Å². The maximum Gasteiger partial charge on any atom is 0.245 e. The van der Waals surface area contributed by atoms with Gasteiger partial charge in [-0.25, -0.2) is 0 Å². The van der Waals surface area contributed by atoms with Crippen LogP contribution in [0.1, 0.15) is 24.8 Å². The third-order valence-electron chi connectivity index (χ3n) is 4.23. The van der Waals surface area contributed by atoms with Crippen LogP contribution in [0.3, 0.4) is 0 Å². The van der Waals surface area contributed by atoms with Crippen LogP contribution in [0.15, 0.2) is 30.3 Å². The number of hydrogen-bond donors (Lipinski definition) is 0. The maximum atomic E-state index is 12.3. The average molecular weight is 272 g/mol. The molecular formula is C16H20N2O2. The Kier molecular flexibility index (Phi) is 3.72. The third kappa shape index (κ3) is 2.55. The van der Waals surface area contributed by atoms with Crippen LogP contribution in [0, 0.1) is 0 Å². The molecule has 0 aliphatic carbocycles. The van der Waals surface area contributed by atoms with Gasteiger partial charge in [0.05, 0.1) is 6.54 Å².